The third-order valence-corrected chi connectivity index (χ3v) is 4.75. The quantitative estimate of drug-likeness (QED) is 0.608. The largest absolute Gasteiger partial charge is 0.307 e. The predicted molar refractivity (Wildman–Crippen MR) is 95.0 cm³/mol. The molecule has 1 fully saturated rings. The molecule has 0 unspecified atom stereocenters. The lowest BCUT2D eigenvalue weighted by atomic mass is 9.96. The summed E-state index contributed by atoms with van der Waals surface area (Å²) >= 11 is 0. The van der Waals surface area contributed by atoms with Crippen molar-refractivity contribution in [3.63, 3.8) is 0 Å². The van der Waals surface area contributed by atoms with Crippen molar-refractivity contribution in [2.45, 2.75) is 58.4 Å². The summed E-state index contributed by atoms with van der Waals surface area (Å²) < 4.78 is 0. The molecule has 0 saturated heterocycles. The molecule has 22 heavy (non-hydrogen) atoms. The van der Waals surface area contributed by atoms with Crippen LogP contribution in [-0.4, -0.2) is 12.3 Å². The highest BCUT2D eigenvalue weighted by atomic mass is 15.3. The Morgan fingerprint density at radius 3 is 2.59 bits per heavy atom. The van der Waals surface area contributed by atoms with Crippen molar-refractivity contribution in [3.8, 4) is 0 Å². The normalized spacial score (nSPS) is 19.8. The van der Waals surface area contributed by atoms with Gasteiger partial charge >= 0.3 is 0 Å². The molecule has 0 aliphatic heterocycles. The van der Waals surface area contributed by atoms with Gasteiger partial charge < -0.3 is 5.43 Å². The molecule has 1 saturated carbocycles. The van der Waals surface area contributed by atoms with E-state index in [0.717, 1.165) is 6.42 Å². The van der Waals surface area contributed by atoms with Crippen molar-refractivity contribution < 1.29 is 0 Å². The Morgan fingerprint density at radius 1 is 1.09 bits per heavy atom. The van der Waals surface area contributed by atoms with E-state index in [9.17, 15) is 0 Å². The molecule has 0 atom stereocenters. The molecule has 2 nitrogen and oxygen atoms in total. The van der Waals surface area contributed by atoms with Crippen LogP contribution in [0.1, 0.15) is 63.5 Å². The fourth-order valence-corrected chi connectivity index (χ4v) is 3.56. The zero-order valence-electron chi connectivity index (χ0n) is 13.7. The van der Waals surface area contributed by atoms with Crippen molar-refractivity contribution in [1.29, 1.82) is 0 Å². The molecular formula is C20H26N2. The molecule has 0 aromatic heterocycles. The van der Waals surface area contributed by atoms with E-state index in [2.05, 4.69) is 54.7 Å². The average Bonchev–Trinajstić information content (AvgIpc) is 2.87. The summed E-state index contributed by atoms with van der Waals surface area (Å²) in [6.45, 7) is 4.41. The highest BCUT2D eigenvalue weighted by Gasteiger charge is 2.15. The minimum atomic E-state index is 0.563. The second-order valence-electron chi connectivity index (χ2n) is 6.64. The third-order valence-electron chi connectivity index (χ3n) is 4.75. The van der Waals surface area contributed by atoms with Gasteiger partial charge in [-0.15, -0.1) is 0 Å². The fourth-order valence-electron chi connectivity index (χ4n) is 3.56. The van der Waals surface area contributed by atoms with Crippen LogP contribution in [0.3, 0.4) is 0 Å². The van der Waals surface area contributed by atoms with Crippen molar-refractivity contribution >= 4 is 11.8 Å². The van der Waals surface area contributed by atoms with Crippen LogP contribution in [0.2, 0.25) is 0 Å². The van der Waals surface area contributed by atoms with Gasteiger partial charge in [0.2, 0.25) is 0 Å². The van der Waals surface area contributed by atoms with Crippen molar-refractivity contribution in [2.24, 2.45) is 5.10 Å². The molecule has 2 aliphatic rings. The van der Waals surface area contributed by atoms with Gasteiger partial charge in [-0.2, -0.15) is 5.10 Å². The average molecular weight is 294 g/mol. The number of rotatable bonds is 4. The van der Waals surface area contributed by atoms with Crippen LogP contribution < -0.4 is 5.43 Å². The summed E-state index contributed by atoms with van der Waals surface area (Å²) in [5.74, 6) is 0. The van der Waals surface area contributed by atoms with E-state index in [1.807, 2.05) is 6.21 Å². The topological polar surface area (TPSA) is 24.4 Å². The number of hydrogen-bond acceptors (Lipinski definition) is 2. The fraction of sp³-hybridized carbons (Fsp3) is 0.450. The van der Waals surface area contributed by atoms with E-state index in [0.29, 0.717) is 6.04 Å². The molecule has 0 amide bonds. The lowest BCUT2D eigenvalue weighted by Gasteiger charge is -2.20. The van der Waals surface area contributed by atoms with Gasteiger partial charge in [0.1, 0.15) is 0 Å². The summed E-state index contributed by atoms with van der Waals surface area (Å²) in [6, 6.07) is 9.16. The van der Waals surface area contributed by atoms with Crippen molar-refractivity contribution in [2.75, 3.05) is 0 Å². The molecular weight excluding hydrogens is 268 g/mol. The van der Waals surface area contributed by atoms with Gasteiger partial charge in [0.25, 0.3) is 0 Å². The summed E-state index contributed by atoms with van der Waals surface area (Å²) in [4.78, 5) is 0. The van der Waals surface area contributed by atoms with Gasteiger partial charge in [0.15, 0.2) is 0 Å². The summed E-state index contributed by atoms with van der Waals surface area (Å²) in [5.41, 5.74) is 10.2. The molecule has 0 heterocycles. The zero-order chi connectivity index (χ0) is 15.4. The van der Waals surface area contributed by atoms with Gasteiger partial charge in [-0.25, -0.2) is 0 Å². The van der Waals surface area contributed by atoms with Crippen LogP contribution in [0, 0.1) is 0 Å². The SMILES string of the molecule is CC1=CC(C)=C(c2ccccc2/C=N/NC2CCCCC2)C1. The maximum Gasteiger partial charge on any atom is 0.0546 e. The Kier molecular flexibility index (Phi) is 4.77. The number of benzene rings is 1. The summed E-state index contributed by atoms with van der Waals surface area (Å²) in [6.07, 6.45) is 11.9. The first kappa shape index (κ1) is 15.1. The lowest BCUT2D eigenvalue weighted by Crippen LogP contribution is -2.26. The first-order valence-corrected chi connectivity index (χ1v) is 8.49. The smallest absolute Gasteiger partial charge is 0.0546 e. The van der Waals surface area contributed by atoms with E-state index in [1.165, 1.54) is 60.0 Å². The maximum absolute atomic E-state index is 4.53. The Bertz CT molecular complexity index is 616. The van der Waals surface area contributed by atoms with E-state index >= 15 is 0 Å². The van der Waals surface area contributed by atoms with Crippen LogP contribution in [0.5, 0.6) is 0 Å². The van der Waals surface area contributed by atoms with Crippen LogP contribution >= 0.6 is 0 Å². The Labute approximate surface area is 134 Å². The molecule has 116 valence electrons. The first-order chi connectivity index (χ1) is 10.7. The molecule has 2 aliphatic carbocycles. The standard InChI is InChI=1S/C20H26N2/c1-15-12-16(2)20(13-15)19-11-7-6-8-17(19)14-21-22-18-9-4-3-5-10-18/h6-8,11-12,14,18,22H,3-5,9-10,13H2,1-2H3/b21-14+. The molecule has 0 bridgehead atoms. The highest BCUT2D eigenvalue weighted by Crippen LogP contribution is 2.34. The number of allylic oxidation sites excluding steroid dienone is 4. The molecule has 0 spiro atoms. The predicted octanol–water partition coefficient (Wildman–Crippen LogP) is 5.07. The molecule has 0 radical (unpaired) electrons. The number of nitrogens with zero attached hydrogens (tertiary/aromatic N) is 1. The van der Waals surface area contributed by atoms with Gasteiger partial charge in [0.05, 0.1) is 6.21 Å². The zero-order valence-corrected chi connectivity index (χ0v) is 13.7. The number of nitrogens with one attached hydrogen (secondary N) is 1. The van der Waals surface area contributed by atoms with Crippen molar-refractivity contribution in [1.82, 2.24) is 5.43 Å². The molecule has 1 aromatic carbocycles. The molecule has 1 N–H and O–H groups in total. The number of hydrazone groups is 1. The minimum Gasteiger partial charge on any atom is -0.307 e. The van der Waals surface area contributed by atoms with Crippen molar-refractivity contribution in [3.05, 3.63) is 52.6 Å². The van der Waals surface area contributed by atoms with Crippen LogP contribution in [0.15, 0.2) is 46.6 Å². The third kappa shape index (κ3) is 3.49. The molecule has 2 heteroatoms. The second kappa shape index (κ2) is 6.95. The maximum atomic E-state index is 4.53. The van der Waals surface area contributed by atoms with Gasteiger partial charge in [-0.3, -0.25) is 0 Å². The summed E-state index contributed by atoms with van der Waals surface area (Å²) in [7, 11) is 0. The second-order valence-corrected chi connectivity index (χ2v) is 6.64. The lowest BCUT2D eigenvalue weighted by molar-refractivity contribution is 0.381. The van der Waals surface area contributed by atoms with E-state index in [-0.39, 0.29) is 0 Å². The van der Waals surface area contributed by atoms with Gasteiger partial charge in [-0.05, 0) is 49.8 Å². The Hall–Kier alpha value is -1.83. The molecule has 1 aromatic rings. The van der Waals surface area contributed by atoms with Crippen LogP contribution in [0.25, 0.3) is 5.57 Å². The highest BCUT2D eigenvalue weighted by molar-refractivity contribution is 5.90. The Balaban J connectivity index is 1.73. The van der Waals surface area contributed by atoms with Gasteiger partial charge in [0, 0.05) is 11.6 Å². The Morgan fingerprint density at radius 2 is 1.86 bits per heavy atom. The minimum absolute atomic E-state index is 0.563. The van der Waals surface area contributed by atoms with Crippen LogP contribution in [-0.2, 0) is 0 Å². The summed E-state index contributed by atoms with van der Waals surface area (Å²) in [5, 5.41) is 4.53. The monoisotopic (exact) mass is 294 g/mol. The van der Waals surface area contributed by atoms with E-state index in [4.69, 9.17) is 0 Å². The molecule has 3 rings (SSSR count). The first-order valence-electron chi connectivity index (χ1n) is 8.49. The van der Waals surface area contributed by atoms with Crippen LogP contribution in [0.4, 0.5) is 0 Å². The van der Waals surface area contributed by atoms with E-state index < -0.39 is 0 Å². The van der Waals surface area contributed by atoms with E-state index in [1.54, 1.807) is 0 Å². The number of hydrogen-bond donors (Lipinski definition) is 1. The van der Waals surface area contributed by atoms with Gasteiger partial charge in [-0.1, -0.05) is 55.2 Å².